The molecule has 2 aromatic rings. The molecule has 8 heteroatoms. The molecular formula is C20H16N4O4. The molecule has 1 saturated heterocycles. The van der Waals surface area contributed by atoms with Crippen molar-refractivity contribution < 1.29 is 19.1 Å². The van der Waals surface area contributed by atoms with Crippen molar-refractivity contribution in [1.82, 2.24) is 15.2 Å². The molecule has 0 radical (unpaired) electrons. The van der Waals surface area contributed by atoms with Crippen LogP contribution in [-0.4, -0.2) is 40.3 Å². The Morgan fingerprint density at radius 3 is 2.75 bits per heavy atom. The van der Waals surface area contributed by atoms with Crippen molar-refractivity contribution in [3.8, 4) is 23.1 Å². The zero-order valence-electron chi connectivity index (χ0n) is 14.8. The maximum absolute atomic E-state index is 12.9. The van der Waals surface area contributed by atoms with Crippen LogP contribution >= 0.6 is 0 Å². The fourth-order valence-corrected chi connectivity index (χ4v) is 3.57. The highest BCUT2D eigenvalue weighted by Gasteiger charge is 2.39. The van der Waals surface area contributed by atoms with Gasteiger partial charge in [0, 0.05) is 24.1 Å². The number of amides is 3. The summed E-state index contributed by atoms with van der Waals surface area (Å²) >= 11 is 0. The van der Waals surface area contributed by atoms with Gasteiger partial charge >= 0.3 is 0 Å². The minimum absolute atomic E-state index is 0.0584. The van der Waals surface area contributed by atoms with Crippen LogP contribution in [0.1, 0.15) is 28.8 Å². The lowest BCUT2D eigenvalue weighted by Crippen LogP contribution is -2.52. The number of piperidine rings is 1. The second kappa shape index (κ2) is 7.12. The van der Waals surface area contributed by atoms with E-state index < -0.39 is 11.9 Å². The highest BCUT2D eigenvalue weighted by Crippen LogP contribution is 2.34. The van der Waals surface area contributed by atoms with Gasteiger partial charge in [0.25, 0.3) is 5.91 Å². The molecule has 0 aliphatic carbocycles. The van der Waals surface area contributed by atoms with Gasteiger partial charge in [0.05, 0.1) is 11.9 Å². The Hall–Kier alpha value is -3.73. The summed E-state index contributed by atoms with van der Waals surface area (Å²) < 4.78 is 5.21. The number of hydrogen-bond donors (Lipinski definition) is 1. The van der Waals surface area contributed by atoms with E-state index in [0.717, 1.165) is 11.1 Å². The maximum Gasteiger partial charge on any atom is 0.255 e. The van der Waals surface area contributed by atoms with Gasteiger partial charge in [-0.05, 0) is 30.2 Å². The van der Waals surface area contributed by atoms with Gasteiger partial charge in [0.2, 0.25) is 11.8 Å². The fourth-order valence-electron chi connectivity index (χ4n) is 3.57. The number of imide groups is 1. The molecule has 140 valence electrons. The molecule has 3 heterocycles. The minimum Gasteiger partial charge on any atom is -0.477 e. The summed E-state index contributed by atoms with van der Waals surface area (Å²) in [6.07, 6.45) is 2.07. The normalized spacial score (nSPS) is 18.5. The number of rotatable bonds is 4. The van der Waals surface area contributed by atoms with Gasteiger partial charge in [-0.15, -0.1) is 0 Å². The van der Waals surface area contributed by atoms with Crippen LogP contribution in [0.25, 0.3) is 11.3 Å². The van der Waals surface area contributed by atoms with Crippen LogP contribution in [0, 0.1) is 11.3 Å². The SMILES string of the molecule is N#CCOc1ccc(-c2cccc3c2CN(C2CCC(=O)NC2=O)C3=O)nc1. The summed E-state index contributed by atoms with van der Waals surface area (Å²) in [5, 5.41) is 10.9. The van der Waals surface area contributed by atoms with Gasteiger partial charge in [-0.1, -0.05) is 12.1 Å². The van der Waals surface area contributed by atoms with Crippen LogP contribution in [0.3, 0.4) is 0 Å². The maximum atomic E-state index is 12.9. The van der Waals surface area contributed by atoms with Crippen LogP contribution in [0.5, 0.6) is 5.75 Å². The van der Waals surface area contributed by atoms with Gasteiger partial charge in [0.1, 0.15) is 17.9 Å². The lowest BCUT2D eigenvalue weighted by molar-refractivity contribution is -0.136. The molecule has 1 aromatic heterocycles. The highest BCUT2D eigenvalue weighted by molar-refractivity contribution is 6.06. The number of fused-ring (bicyclic) bond motifs is 1. The first-order chi connectivity index (χ1) is 13.6. The van der Waals surface area contributed by atoms with E-state index in [0.29, 0.717) is 23.4 Å². The monoisotopic (exact) mass is 376 g/mol. The van der Waals surface area contributed by atoms with Crippen LogP contribution in [0.4, 0.5) is 0 Å². The third kappa shape index (κ3) is 3.07. The van der Waals surface area contributed by atoms with Crippen LogP contribution in [-0.2, 0) is 16.1 Å². The van der Waals surface area contributed by atoms with Crippen molar-refractivity contribution in [3.63, 3.8) is 0 Å². The van der Waals surface area contributed by atoms with Gasteiger partial charge in [-0.2, -0.15) is 5.26 Å². The number of nitrogens with one attached hydrogen (secondary N) is 1. The fraction of sp³-hybridized carbons (Fsp3) is 0.250. The molecule has 1 aromatic carbocycles. The van der Waals surface area contributed by atoms with Crippen molar-refractivity contribution in [2.24, 2.45) is 0 Å². The van der Waals surface area contributed by atoms with Gasteiger partial charge < -0.3 is 9.64 Å². The first-order valence-corrected chi connectivity index (χ1v) is 8.81. The van der Waals surface area contributed by atoms with Crippen molar-refractivity contribution in [3.05, 3.63) is 47.7 Å². The molecule has 0 spiro atoms. The summed E-state index contributed by atoms with van der Waals surface area (Å²) in [5.41, 5.74) is 2.80. The second-order valence-electron chi connectivity index (χ2n) is 6.56. The third-order valence-electron chi connectivity index (χ3n) is 4.90. The quantitative estimate of drug-likeness (QED) is 0.808. The number of hydrogen-bond acceptors (Lipinski definition) is 6. The summed E-state index contributed by atoms with van der Waals surface area (Å²) in [4.78, 5) is 42.3. The molecule has 2 aliphatic rings. The van der Waals surface area contributed by atoms with E-state index in [4.69, 9.17) is 10.00 Å². The number of aromatic nitrogens is 1. The number of pyridine rings is 1. The van der Waals surface area contributed by atoms with E-state index >= 15 is 0 Å². The van der Waals surface area contributed by atoms with E-state index in [1.807, 2.05) is 12.1 Å². The molecule has 0 saturated carbocycles. The van der Waals surface area contributed by atoms with Crippen molar-refractivity contribution >= 4 is 17.7 Å². The van der Waals surface area contributed by atoms with Gasteiger partial charge in [-0.3, -0.25) is 24.7 Å². The first kappa shape index (κ1) is 17.7. The minimum atomic E-state index is -0.653. The van der Waals surface area contributed by atoms with Gasteiger partial charge in [-0.25, -0.2) is 0 Å². The molecule has 1 atom stereocenters. The summed E-state index contributed by atoms with van der Waals surface area (Å²) in [5.74, 6) is -0.482. The lowest BCUT2D eigenvalue weighted by atomic mass is 10.0. The molecule has 0 bridgehead atoms. The Morgan fingerprint density at radius 1 is 1.21 bits per heavy atom. The zero-order valence-corrected chi connectivity index (χ0v) is 14.8. The number of carbonyl (C=O) groups is 3. The predicted molar refractivity (Wildman–Crippen MR) is 96.8 cm³/mol. The molecule has 2 aliphatic heterocycles. The van der Waals surface area contributed by atoms with Crippen molar-refractivity contribution in [2.45, 2.75) is 25.4 Å². The molecule has 1 fully saturated rings. The highest BCUT2D eigenvalue weighted by atomic mass is 16.5. The molecule has 1 unspecified atom stereocenters. The molecule has 1 N–H and O–H groups in total. The average molecular weight is 376 g/mol. The largest absolute Gasteiger partial charge is 0.477 e. The molecular weight excluding hydrogens is 360 g/mol. The Kier molecular flexibility index (Phi) is 4.49. The van der Waals surface area contributed by atoms with E-state index in [1.165, 1.54) is 11.1 Å². The molecule has 8 nitrogen and oxygen atoms in total. The van der Waals surface area contributed by atoms with E-state index in [2.05, 4.69) is 10.3 Å². The third-order valence-corrected chi connectivity index (χ3v) is 4.90. The molecule has 3 amide bonds. The number of ether oxygens (including phenoxy) is 1. The van der Waals surface area contributed by atoms with Crippen LogP contribution < -0.4 is 10.1 Å². The zero-order chi connectivity index (χ0) is 19.7. The number of nitriles is 1. The lowest BCUT2D eigenvalue weighted by Gasteiger charge is -2.29. The van der Waals surface area contributed by atoms with Crippen molar-refractivity contribution in [2.75, 3.05) is 6.61 Å². The topological polar surface area (TPSA) is 112 Å². The molecule has 4 rings (SSSR count). The van der Waals surface area contributed by atoms with Crippen LogP contribution in [0.2, 0.25) is 0 Å². The standard InChI is InChI=1S/C20H16N4O4/c21-8-9-28-12-4-5-16(22-10-12)13-2-1-3-14-15(13)11-24(20(14)27)17-6-7-18(25)23-19(17)26/h1-5,10,17H,6-7,9,11H2,(H,23,25,26). The smallest absolute Gasteiger partial charge is 0.255 e. The Balaban J connectivity index is 1.62. The van der Waals surface area contributed by atoms with E-state index in [9.17, 15) is 14.4 Å². The van der Waals surface area contributed by atoms with Crippen molar-refractivity contribution in [1.29, 1.82) is 5.26 Å². The van der Waals surface area contributed by atoms with Gasteiger partial charge in [0.15, 0.2) is 6.61 Å². The van der Waals surface area contributed by atoms with E-state index in [-0.39, 0.29) is 31.4 Å². The summed E-state index contributed by atoms with van der Waals surface area (Å²) in [6, 6.07) is 10.1. The second-order valence-corrected chi connectivity index (χ2v) is 6.56. The number of benzene rings is 1. The Bertz CT molecular complexity index is 1010. The Morgan fingerprint density at radius 2 is 2.04 bits per heavy atom. The first-order valence-electron chi connectivity index (χ1n) is 8.81. The van der Waals surface area contributed by atoms with E-state index in [1.54, 1.807) is 24.3 Å². The summed E-state index contributed by atoms with van der Waals surface area (Å²) in [7, 11) is 0. The molecule has 28 heavy (non-hydrogen) atoms. The summed E-state index contributed by atoms with van der Waals surface area (Å²) in [6.45, 7) is 0.224. The van der Waals surface area contributed by atoms with Crippen LogP contribution in [0.15, 0.2) is 36.5 Å². The predicted octanol–water partition coefficient (Wildman–Crippen LogP) is 1.41. The Labute approximate surface area is 160 Å². The number of nitrogens with zero attached hydrogens (tertiary/aromatic N) is 3. The average Bonchev–Trinajstić information content (AvgIpc) is 3.03. The number of carbonyl (C=O) groups excluding carboxylic acids is 3.